The van der Waals surface area contributed by atoms with Crippen molar-refractivity contribution in [3.05, 3.63) is 40.9 Å². The molecule has 0 bridgehead atoms. The van der Waals surface area contributed by atoms with Gasteiger partial charge < -0.3 is 9.53 Å². The quantitative estimate of drug-likeness (QED) is 0.768. The van der Waals surface area contributed by atoms with Crippen molar-refractivity contribution in [2.75, 3.05) is 6.61 Å². The van der Waals surface area contributed by atoms with Crippen LogP contribution < -0.4 is 4.74 Å². The number of carbonyl (C=O) groups excluding carboxylic acids is 1. The van der Waals surface area contributed by atoms with E-state index in [-0.39, 0.29) is 5.78 Å². The number of hydrogen-bond donors (Lipinski definition) is 0. The molecule has 0 N–H and O–H groups in total. The number of ketones is 1. The van der Waals surface area contributed by atoms with E-state index in [0.29, 0.717) is 13.0 Å². The van der Waals surface area contributed by atoms with Gasteiger partial charge in [-0.3, -0.25) is 0 Å². The van der Waals surface area contributed by atoms with E-state index in [9.17, 15) is 4.79 Å². The third-order valence-corrected chi connectivity index (χ3v) is 3.21. The van der Waals surface area contributed by atoms with E-state index in [1.54, 1.807) is 6.92 Å². The van der Waals surface area contributed by atoms with Crippen LogP contribution >= 0.6 is 15.9 Å². The standard InChI is InChI=1S/C15H15BrO2/c1-11(17)3-2-8-18-15-7-5-12-9-14(16)6-4-13(12)10-15/h4-7,9-10H,2-3,8H2,1H3. The molecule has 0 amide bonds. The van der Waals surface area contributed by atoms with Crippen molar-refractivity contribution in [1.82, 2.24) is 0 Å². The van der Waals surface area contributed by atoms with Gasteiger partial charge in [-0.2, -0.15) is 0 Å². The van der Waals surface area contributed by atoms with Crippen molar-refractivity contribution in [3.8, 4) is 5.75 Å². The molecule has 2 nitrogen and oxygen atoms in total. The van der Waals surface area contributed by atoms with Crippen LogP contribution in [0, 0.1) is 0 Å². The molecule has 18 heavy (non-hydrogen) atoms. The van der Waals surface area contributed by atoms with Crippen LogP contribution in [0.5, 0.6) is 5.75 Å². The molecule has 2 aromatic carbocycles. The van der Waals surface area contributed by atoms with Crippen molar-refractivity contribution in [3.63, 3.8) is 0 Å². The summed E-state index contributed by atoms with van der Waals surface area (Å²) in [6.45, 7) is 2.19. The van der Waals surface area contributed by atoms with Gasteiger partial charge in [0.25, 0.3) is 0 Å². The van der Waals surface area contributed by atoms with Gasteiger partial charge in [-0.05, 0) is 48.4 Å². The smallest absolute Gasteiger partial charge is 0.129 e. The second-order valence-corrected chi connectivity index (χ2v) is 5.22. The molecule has 0 aromatic heterocycles. The van der Waals surface area contributed by atoms with Crippen molar-refractivity contribution in [1.29, 1.82) is 0 Å². The Morgan fingerprint density at radius 1 is 1.17 bits per heavy atom. The van der Waals surface area contributed by atoms with E-state index in [1.807, 2.05) is 24.3 Å². The lowest BCUT2D eigenvalue weighted by molar-refractivity contribution is -0.117. The monoisotopic (exact) mass is 306 g/mol. The molecule has 94 valence electrons. The summed E-state index contributed by atoms with van der Waals surface area (Å²) < 4.78 is 6.70. The van der Waals surface area contributed by atoms with Crippen LogP contribution in [0.2, 0.25) is 0 Å². The fourth-order valence-electron chi connectivity index (χ4n) is 1.80. The predicted molar refractivity (Wildman–Crippen MR) is 77.1 cm³/mol. The molecular formula is C15H15BrO2. The van der Waals surface area contributed by atoms with Gasteiger partial charge in [0.2, 0.25) is 0 Å². The number of hydrogen-bond acceptors (Lipinski definition) is 2. The van der Waals surface area contributed by atoms with Gasteiger partial charge >= 0.3 is 0 Å². The third-order valence-electron chi connectivity index (χ3n) is 2.72. The van der Waals surface area contributed by atoms with E-state index in [2.05, 4.69) is 28.1 Å². The van der Waals surface area contributed by atoms with Gasteiger partial charge in [0.1, 0.15) is 11.5 Å². The summed E-state index contributed by atoms with van der Waals surface area (Å²) in [5.74, 6) is 1.07. The molecule has 0 spiro atoms. The van der Waals surface area contributed by atoms with Gasteiger partial charge in [-0.1, -0.05) is 28.1 Å². The average Bonchev–Trinajstić information content (AvgIpc) is 2.34. The maximum absolute atomic E-state index is 10.8. The first-order valence-corrected chi connectivity index (χ1v) is 6.76. The Morgan fingerprint density at radius 2 is 1.89 bits per heavy atom. The summed E-state index contributed by atoms with van der Waals surface area (Å²) in [7, 11) is 0. The number of rotatable bonds is 5. The van der Waals surface area contributed by atoms with Crippen LogP contribution in [0.1, 0.15) is 19.8 Å². The lowest BCUT2D eigenvalue weighted by atomic mass is 10.1. The van der Waals surface area contributed by atoms with Crippen molar-refractivity contribution in [2.24, 2.45) is 0 Å². The normalized spacial score (nSPS) is 10.6. The predicted octanol–water partition coefficient (Wildman–Crippen LogP) is 4.35. The average molecular weight is 307 g/mol. The first-order valence-electron chi connectivity index (χ1n) is 5.97. The number of halogens is 1. The Labute approximate surface area is 115 Å². The van der Waals surface area contributed by atoms with Crippen LogP contribution in [0.4, 0.5) is 0 Å². The third kappa shape index (κ3) is 3.57. The molecule has 0 radical (unpaired) electrons. The van der Waals surface area contributed by atoms with E-state index >= 15 is 0 Å². The maximum Gasteiger partial charge on any atom is 0.129 e. The van der Waals surface area contributed by atoms with Gasteiger partial charge in [-0.25, -0.2) is 0 Å². The largest absolute Gasteiger partial charge is 0.494 e. The van der Waals surface area contributed by atoms with Crippen molar-refractivity contribution in [2.45, 2.75) is 19.8 Å². The van der Waals surface area contributed by atoms with Gasteiger partial charge in [0, 0.05) is 10.9 Å². The van der Waals surface area contributed by atoms with Crippen LogP contribution in [-0.4, -0.2) is 12.4 Å². The Balaban J connectivity index is 2.01. The molecular weight excluding hydrogens is 292 g/mol. The second kappa shape index (κ2) is 6.01. The molecule has 0 saturated heterocycles. The highest BCUT2D eigenvalue weighted by Crippen LogP contribution is 2.24. The minimum absolute atomic E-state index is 0.210. The summed E-state index contributed by atoms with van der Waals surface area (Å²) in [4.78, 5) is 10.8. The SMILES string of the molecule is CC(=O)CCCOc1ccc2cc(Br)ccc2c1. The molecule has 3 heteroatoms. The molecule has 0 fully saturated rings. The number of benzene rings is 2. The zero-order chi connectivity index (χ0) is 13.0. The Kier molecular flexibility index (Phi) is 4.37. The number of Topliss-reactive ketones (excluding diaryl/α,β-unsaturated/α-hetero) is 1. The van der Waals surface area contributed by atoms with Crippen molar-refractivity contribution < 1.29 is 9.53 Å². The number of carbonyl (C=O) groups is 1. The van der Waals surface area contributed by atoms with E-state index in [1.165, 1.54) is 5.39 Å². The van der Waals surface area contributed by atoms with E-state index < -0.39 is 0 Å². The Morgan fingerprint density at radius 3 is 2.67 bits per heavy atom. The molecule has 0 aliphatic rings. The highest BCUT2D eigenvalue weighted by molar-refractivity contribution is 9.10. The van der Waals surface area contributed by atoms with Gasteiger partial charge in [0.05, 0.1) is 6.61 Å². The first kappa shape index (κ1) is 13.1. The lowest BCUT2D eigenvalue weighted by Gasteiger charge is -2.07. The minimum atomic E-state index is 0.210. The Bertz CT molecular complexity index is 563. The Hall–Kier alpha value is -1.35. The van der Waals surface area contributed by atoms with Crippen molar-refractivity contribution >= 4 is 32.5 Å². The number of fused-ring (bicyclic) bond motifs is 1. The molecule has 0 unspecified atom stereocenters. The molecule has 0 atom stereocenters. The summed E-state index contributed by atoms with van der Waals surface area (Å²) in [5.41, 5.74) is 0. The maximum atomic E-state index is 10.8. The molecule has 0 saturated carbocycles. The number of ether oxygens (including phenoxy) is 1. The molecule has 2 aromatic rings. The highest BCUT2D eigenvalue weighted by atomic mass is 79.9. The summed E-state index contributed by atoms with van der Waals surface area (Å²) in [6, 6.07) is 12.2. The van der Waals surface area contributed by atoms with Crippen LogP contribution in [0.25, 0.3) is 10.8 Å². The van der Waals surface area contributed by atoms with Gasteiger partial charge in [0.15, 0.2) is 0 Å². The van der Waals surface area contributed by atoms with Crippen LogP contribution in [0.15, 0.2) is 40.9 Å². The molecule has 2 rings (SSSR count). The first-order chi connectivity index (χ1) is 8.65. The molecule has 0 aliphatic heterocycles. The fourth-order valence-corrected chi connectivity index (χ4v) is 2.17. The topological polar surface area (TPSA) is 26.3 Å². The zero-order valence-corrected chi connectivity index (χ0v) is 11.9. The molecule has 0 heterocycles. The lowest BCUT2D eigenvalue weighted by Crippen LogP contribution is -2.00. The van der Waals surface area contributed by atoms with E-state index in [0.717, 1.165) is 22.0 Å². The minimum Gasteiger partial charge on any atom is -0.494 e. The van der Waals surface area contributed by atoms with Crippen LogP contribution in [-0.2, 0) is 4.79 Å². The fraction of sp³-hybridized carbons (Fsp3) is 0.267. The van der Waals surface area contributed by atoms with E-state index in [4.69, 9.17) is 4.74 Å². The highest BCUT2D eigenvalue weighted by Gasteiger charge is 1.99. The second-order valence-electron chi connectivity index (χ2n) is 4.31. The summed E-state index contributed by atoms with van der Waals surface area (Å²) in [5, 5.41) is 2.34. The summed E-state index contributed by atoms with van der Waals surface area (Å²) >= 11 is 3.45. The zero-order valence-electron chi connectivity index (χ0n) is 10.3. The summed E-state index contributed by atoms with van der Waals surface area (Å²) in [6.07, 6.45) is 1.36. The van der Waals surface area contributed by atoms with Crippen LogP contribution in [0.3, 0.4) is 0 Å². The van der Waals surface area contributed by atoms with Gasteiger partial charge in [-0.15, -0.1) is 0 Å². The molecule has 0 aliphatic carbocycles.